The highest BCUT2D eigenvalue weighted by Gasteiger charge is 2.41. The van der Waals surface area contributed by atoms with Crippen molar-refractivity contribution in [1.29, 1.82) is 0 Å². The van der Waals surface area contributed by atoms with Gasteiger partial charge < -0.3 is 10.3 Å². The third-order valence-electron chi connectivity index (χ3n) is 4.59. The fourth-order valence-electron chi connectivity index (χ4n) is 3.58. The Kier molecular flexibility index (Phi) is 2.52. The largest absolute Gasteiger partial charge is 0.363 e. The molecule has 1 aromatic heterocycles. The lowest BCUT2D eigenvalue weighted by molar-refractivity contribution is 0.0987. The highest BCUT2D eigenvalue weighted by molar-refractivity contribution is 14.1. The number of hydrogen-bond acceptors (Lipinski definition) is 2. The van der Waals surface area contributed by atoms with Crippen LogP contribution in [-0.4, -0.2) is 15.5 Å². The van der Waals surface area contributed by atoms with Crippen molar-refractivity contribution in [1.82, 2.24) is 9.55 Å². The van der Waals surface area contributed by atoms with Crippen molar-refractivity contribution in [3.8, 4) is 11.3 Å². The van der Waals surface area contributed by atoms with Gasteiger partial charge in [-0.25, -0.2) is 4.98 Å². The van der Waals surface area contributed by atoms with Crippen molar-refractivity contribution in [2.45, 2.75) is 24.7 Å². The molecule has 0 unspecified atom stereocenters. The van der Waals surface area contributed by atoms with Gasteiger partial charge in [-0.15, -0.1) is 0 Å². The van der Waals surface area contributed by atoms with Gasteiger partial charge in [0, 0.05) is 27.8 Å². The number of imidazole rings is 1. The second kappa shape index (κ2) is 4.07. The highest BCUT2D eigenvalue weighted by Crippen LogP contribution is 2.55. The van der Waals surface area contributed by atoms with E-state index in [4.69, 9.17) is 5.73 Å². The van der Waals surface area contributed by atoms with E-state index in [-0.39, 0.29) is 0 Å². The molecule has 0 atom stereocenters. The number of benzene rings is 1. The van der Waals surface area contributed by atoms with Gasteiger partial charge in [0.25, 0.3) is 5.91 Å². The molecule has 5 rings (SSSR count). The first-order valence-electron chi connectivity index (χ1n) is 6.72. The first-order chi connectivity index (χ1) is 9.56. The third kappa shape index (κ3) is 1.52. The zero-order valence-corrected chi connectivity index (χ0v) is 13.2. The smallest absolute Gasteiger partial charge is 0.284 e. The van der Waals surface area contributed by atoms with E-state index >= 15 is 0 Å². The molecule has 2 N–H and O–H groups in total. The molecule has 1 fully saturated rings. The number of rotatable bonds is 1. The topological polar surface area (TPSA) is 60.9 Å². The van der Waals surface area contributed by atoms with Crippen LogP contribution in [0.15, 0.2) is 18.2 Å². The predicted octanol–water partition coefficient (Wildman–Crippen LogP) is 2.77. The summed E-state index contributed by atoms with van der Waals surface area (Å²) in [6.45, 7) is 0. The molecule has 1 aromatic carbocycles. The van der Waals surface area contributed by atoms with E-state index in [1.165, 1.54) is 20.4 Å². The summed E-state index contributed by atoms with van der Waals surface area (Å²) >= 11 is 2.32. The van der Waals surface area contributed by atoms with Crippen LogP contribution in [0.1, 0.15) is 46.6 Å². The minimum atomic E-state index is -0.455. The zero-order chi connectivity index (χ0) is 14.0. The van der Waals surface area contributed by atoms with Crippen LogP contribution in [-0.2, 0) is 7.05 Å². The van der Waals surface area contributed by atoms with Crippen LogP contribution in [0.3, 0.4) is 0 Å². The van der Waals surface area contributed by atoms with E-state index in [1.807, 2.05) is 11.6 Å². The van der Waals surface area contributed by atoms with Gasteiger partial charge in [0.1, 0.15) is 0 Å². The molecule has 0 aliphatic heterocycles. The molecule has 4 nitrogen and oxygen atoms in total. The van der Waals surface area contributed by atoms with E-state index in [0.717, 1.165) is 18.5 Å². The maximum atomic E-state index is 11.6. The summed E-state index contributed by atoms with van der Waals surface area (Å²) in [5.74, 6) is 1.05. The van der Waals surface area contributed by atoms with E-state index in [9.17, 15) is 4.79 Å². The summed E-state index contributed by atoms with van der Waals surface area (Å²) < 4.78 is 3.09. The zero-order valence-electron chi connectivity index (χ0n) is 11.1. The van der Waals surface area contributed by atoms with Crippen molar-refractivity contribution in [3.63, 3.8) is 0 Å². The number of halogens is 1. The standard InChI is InChI=1S/C15H14IN3O/c1-19-13-8-4-7(5-8)10-3-2-9(16)6-11(10)12(13)18-15(19)14(17)20/h2-3,6-8H,4-5H2,1H3,(H2,17,20). The molecule has 2 bridgehead atoms. The van der Waals surface area contributed by atoms with Crippen molar-refractivity contribution in [3.05, 3.63) is 38.9 Å². The van der Waals surface area contributed by atoms with Gasteiger partial charge in [-0.1, -0.05) is 6.07 Å². The fraction of sp³-hybridized carbons (Fsp3) is 0.333. The molecule has 5 heteroatoms. The number of primary amides is 1. The molecular weight excluding hydrogens is 365 g/mol. The van der Waals surface area contributed by atoms with Gasteiger partial charge in [-0.2, -0.15) is 0 Å². The Labute approximate surface area is 130 Å². The van der Waals surface area contributed by atoms with Gasteiger partial charge in [-0.05, 0) is 59.0 Å². The highest BCUT2D eigenvalue weighted by atomic mass is 127. The van der Waals surface area contributed by atoms with Gasteiger partial charge in [0.15, 0.2) is 5.82 Å². The summed E-state index contributed by atoms with van der Waals surface area (Å²) in [7, 11) is 1.90. The number of hydrogen-bond donors (Lipinski definition) is 1. The van der Waals surface area contributed by atoms with Gasteiger partial charge in [-0.3, -0.25) is 4.79 Å². The first kappa shape index (κ1) is 12.4. The summed E-state index contributed by atoms with van der Waals surface area (Å²) in [5, 5.41) is 0. The number of aromatic nitrogens is 2. The second-order valence-electron chi connectivity index (χ2n) is 5.69. The maximum Gasteiger partial charge on any atom is 0.284 e. The molecule has 1 amide bonds. The Morgan fingerprint density at radius 3 is 2.85 bits per heavy atom. The van der Waals surface area contributed by atoms with Crippen LogP contribution in [0, 0.1) is 3.57 Å². The predicted molar refractivity (Wildman–Crippen MR) is 84.6 cm³/mol. The molecule has 3 aliphatic carbocycles. The summed E-state index contributed by atoms with van der Waals surface area (Å²) in [4.78, 5) is 16.1. The number of amides is 1. The minimum Gasteiger partial charge on any atom is -0.363 e. The van der Waals surface area contributed by atoms with E-state index in [2.05, 4.69) is 45.8 Å². The van der Waals surface area contributed by atoms with Gasteiger partial charge in [0.05, 0.1) is 5.69 Å². The normalized spacial score (nSPS) is 22.5. The van der Waals surface area contributed by atoms with E-state index in [0.29, 0.717) is 17.7 Å². The monoisotopic (exact) mass is 379 g/mol. The number of nitrogens with two attached hydrogens (primary N) is 1. The quantitative estimate of drug-likeness (QED) is 0.775. The Morgan fingerprint density at radius 2 is 2.15 bits per heavy atom. The van der Waals surface area contributed by atoms with Crippen molar-refractivity contribution in [2.24, 2.45) is 12.8 Å². The van der Waals surface area contributed by atoms with Crippen LogP contribution in [0.2, 0.25) is 0 Å². The van der Waals surface area contributed by atoms with E-state index < -0.39 is 5.91 Å². The average molecular weight is 379 g/mol. The van der Waals surface area contributed by atoms with Crippen LogP contribution in [0.25, 0.3) is 11.3 Å². The SMILES string of the molecule is Cn1c(C(N)=O)nc2c1C1CC(C1)c1ccc(I)cc1-2. The molecule has 2 aromatic rings. The van der Waals surface area contributed by atoms with E-state index in [1.54, 1.807) is 0 Å². The number of carbonyl (C=O) groups excluding carboxylic acids is 1. The second-order valence-corrected chi connectivity index (χ2v) is 6.93. The summed E-state index contributed by atoms with van der Waals surface area (Å²) in [6, 6.07) is 6.54. The molecule has 0 saturated heterocycles. The van der Waals surface area contributed by atoms with Crippen LogP contribution >= 0.6 is 22.6 Å². The maximum absolute atomic E-state index is 11.6. The average Bonchev–Trinajstić information content (AvgIpc) is 2.55. The Hall–Kier alpha value is -1.37. The lowest BCUT2D eigenvalue weighted by Crippen LogP contribution is -2.23. The third-order valence-corrected chi connectivity index (χ3v) is 5.27. The van der Waals surface area contributed by atoms with Gasteiger partial charge >= 0.3 is 0 Å². The number of carbonyl (C=O) groups is 1. The molecule has 1 heterocycles. The molecule has 0 radical (unpaired) electrons. The molecule has 0 spiro atoms. The lowest BCUT2D eigenvalue weighted by atomic mass is 9.71. The van der Waals surface area contributed by atoms with Crippen molar-refractivity contribution in [2.75, 3.05) is 0 Å². The molecular formula is C15H14IN3O. The molecule has 102 valence electrons. The van der Waals surface area contributed by atoms with Crippen LogP contribution < -0.4 is 5.73 Å². The Bertz CT molecular complexity index is 744. The molecule has 3 aliphatic rings. The van der Waals surface area contributed by atoms with Crippen molar-refractivity contribution < 1.29 is 4.79 Å². The minimum absolute atomic E-state index is 0.366. The summed E-state index contributed by atoms with van der Waals surface area (Å²) in [6.07, 6.45) is 2.30. The van der Waals surface area contributed by atoms with Crippen LogP contribution in [0.5, 0.6) is 0 Å². The van der Waals surface area contributed by atoms with Crippen LogP contribution in [0.4, 0.5) is 0 Å². The molecule has 20 heavy (non-hydrogen) atoms. The Morgan fingerprint density at radius 1 is 1.40 bits per heavy atom. The summed E-state index contributed by atoms with van der Waals surface area (Å²) in [5.41, 5.74) is 10.1. The van der Waals surface area contributed by atoms with Crippen molar-refractivity contribution >= 4 is 28.5 Å². The first-order valence-corrected chi connectivity index (χ1v) is 7.80. The lowest BCUT2D eigenvalue weighted by Gasteiger charge is -2.34. The van der Waals surface area contributed by atoms with Gasteiger partial charge in [0.2, 0.25) is 0 Å². The number of nitrogens with zero attached hydrogens (tertiary/aromatic N) is 2. The molecule has 1 saturated carbocycles. The Balaban J connectivity index is 2.05. The fourth-order valence-corrected chi connectivity index (χ4v) is 4.07.